The molecule has 10 heterocycles. The Balaban J connectivity index is 0.683. The number of thiocarbonyl (C=S) groups is 2. The summed E-state index contributed by atoms with van der Waals surface area (Å²) in [4.78, 5) is 50.6. The number of benzene rings is 1. The second-order valence-corrected chi connectivity index (χ2v) is 28.4. The van der Waals surface area contributed by atoms with E-state index in [4.69, 9.17) is 24.4 Å². The van der Waals surface area contributed by atoms with Gasteiger partial charge in [-0.25, -0.2) is 0 Å². The van der Waals surface area contributed by atoms with Gasteiger partial charge in [0.25, 0.3) is 11.8 Å². The molecule has 9 aromatic rings. The van der Waals surface area contributed by atoms with Gasteiger partial charge in [-0.2, -0.15) is 0 Å². The highest BCUT2D eigenvalue weighted by Gasteiger charge is 2.33. The minimum Gasteiger partial charge on any atom is -0.293 e. The largest absolute Gasteiger partial charge is 0.293 e. The first kappa shape index (κ1) is 44.1. The topological polar surface area (TPSA) is 40.6 Å². The van der Waals surface area contributed by atoms with Crippen LogP contribution < -0.4 is 0 Å². The number of nitrogens with zero attached hydrogens (tertiary/aromatic N) is 2. The van der Waals surface area contributed by atoms with Crippen LogP contribution in [0.5, 0.6) is 0 Å². The van der Waals surface area contributed by atoms with E-state index in [1.165, 1.54) is 125 Å². The van der Waals surface area contributed by atoms with Crippen LogP contribution >= 0.6 is 139 Å². The van der Waals surface area contributed by atoms with Crippen molar-refractivity contribution in [1.82, 2.24) is 9.80 Å². The lowest BCUT2D eigenvalue weighted by molar-refractivity contribution is -0.122. The lowest BCUT2D eigenvalue weighted by Crippen LogP contribution is -2.27. The van der Waals surface area contributed by atoms with Crippen LogP contribution in [-0.2, 0) is 22.4 Å². The fourth-order valence-electron chi connectivity index (χ4n) is 8.97. The van der Waals surface area contributed by atoms with E-state index in [1.807, 2.05) is 94.0 Å². The molecule has 0 unspecified atom stereocenters. The molecule has 2 amide bonds. The minimum atomic E-state index is 0.00457. The van der Waals surface area contributed by atoms with Gasteiger partial charge in [-0.1, -0.05) is 48.0 Å². The summed E-state index contributed by atoms with van der Waals surface area (Å²) in [6, 6.07) is 36.5. The maximum absolute atomic E-state index is 12.8. The van der Waals surface area contributed by atoms with Gasteiger partial charge in [0, 0.05) is 91.1 Å². The Morgan fingerprint density at radius 1 is 0.426 bits per heavy atom. The third kappa shape index (κ3) is 7.65. The quantitative estimate of drug-likeness (QED) is 0.100. The van der Waals surface area contributed by atoms with Crippen molar-refractivity contribution in [3.63, 3.8) is 0 Å². The molecule has 16 heteroatoms. The molecule has 68 heavy (non-hydrogen) atoms. The van der Waals surface area contributed by atoms with Crippen LogP contribution in [0.3, 0.4) is 0 Å². The number of rotatable bonds is 10. The molecule has 2 aliphatic carbocycles. The minimum absolute atomic E-state index is 0.00457. The highest BCUT2D eigenvalue weighted by atomic mass is 32.2. The number of thiophene rings is 8. The predicted molar refractivity (Wildman–Crippen MR) is 310 cm³/mol. The van der Waals surface area contributed by atoms with Crippen LogP contribution in [0, 0.1) is 0 Å². The first-order valence-electron chi connectivity index (χ1n) is 21.7. The molecule has 2 aliphatic heterocycles. The Morgan fingerprint density at radius 3 is 1.09 bits per heavy atom. The summed E-state index contributed by atoms with van der Waals surface area (Å²) in [5.41, 5.74) is 8.63. The molecule has 13 rings (SSSR count). The molecule has 0 bridgehead atoms. The van der Waals surface area contributed by atoms with Crippen LogP contribution in [0.1, 0.15) is 45.9 Å². The van der Waals surface area contributed by atoms with Crippen molar-refractivity contribution in [3.8, 4) is 79.4 Å². The smallest absolute Gasteiger partial charge is 0.266 e. The molecular weight excluding hydrogens is 1070 g/mol. The summed E-state index contributed by atoms with van der Waals surface area (Å²) in [6.07, 6.45) is 5.93. The number of carbonyl (C=O) groups excluding carboxylic acids is 2. The van der Waals surface area contributed by atoms with Gasteiger partial charge in [-0.05, 0) is 169 Å². The third-order valence-corrected chi connectivity index (χ3v) is 25.0. The molecule has 2 saturated heterocycles. The van der Waals surface area contributed by atoms with E-state index >= 15 is 0 Å². The molecule has 0 atom stereocenters. The van der Waals surface area contributed by atoms with Crippen LogP contribution in [0.15, 0.2) is 107 Å². The van der Waals surface area contributed by atoms with E-state index in [0.29, 0.717) is 31.5 Å². The number of carbonyl (C=O) groups is 2. The van der Waals surface area contributed by atoms with E-state index in [1.54, 1.807) is 32.5 Å². The molecule has 0 radical (unpaired) electrons. The summed E-state index contributed by atoms with van der Waals surface area (Å²) in [5.74, 6) is 0.00915. The Hall–Kier alpha value is -3.88. The standard InChI is InChI=1S/C52H32N2O2S12/c1-3-53-49(55)45(67-51(53)57)23-29-5-7-33(59-29)35-9-11-37(61-35)39-13-15-41(63-39)43-21-27-17-25-20-32-26(19-31(25)47(27)65-43)18-28-22-44(66-48(28)32)42-16-14-40(64-42)38-12-10-36(62-38)34-8-6-30(60-34)24-46-50(56)54(4-2)52(58)68-46/h5-16,19-24H,3-4,17-18H2,1-2H3/b45-23-,46-24-. The second-order valence-electron chi connectivity index (χ2n) is 16.4. The number of thioether (sulfide) groups is 2. The monoisotopic (exact) mass is 1100 g/mol. The number of likely N-dealkylation sites (N-methyl/N-ethyl adjacent to an activating group) is 2. The van der Waals surface area contributed by atoms with Gasteiger partial charge in [-0.3, -0.25) is 19.4 Å². The lowest BCUT2D eigenvalue weighted by Gasteiger charge is -2.09. The molecule has 4 aliphatic rings. The summed E-state index contributed by atoms with van der Waals surface area (Å²) in [6.45, 7) is 5.11. The van der Waals surface area contributed by atoms with Crippen LogP contribution in [0.4, 0.5) is 0 Å². The third-order valence-electron chi connectivity index (χ3n) is 12.3. The van der Waals surface area contributed by atoms with Crippen LogP contribution in [0.2, 0.25) is 0 Å². The van der Waals surface area contributed by atoms with Gasteiger partial charge in [-0.15, -0.1) is 90.7 Å². The number of hydrogen-bond donors (Lipinski definition) is 0. The number of hydrogen-bond acceptors (Lipinski definition) is 14. The van der Waals surface area contributed by atoms with E-state index in [-0.39, 0.29) is 11.8 Å². The summed E-state index contributed by atoms with van der Waals surface area (Å²) < 4.78 is 1.27. The zero-order chi connectivity index (χ0) is 45.9. The van der Waals surface area contributed by atoms with Crippen LogP contribution in [-0.4, -0.2) is 43.3 Å². The average Bonchev–Trinajstić information content (AvgIpc) is 4.14. The second kappa shape index (κ2) is 17.5. The lowest BCUT2D eigenvalue weighted by atomic mass is 10.0. The van der Waals surface area contributed by atoms with Gasteiger partial charge < -0.3 is 0 Å². The molecule has 0 spiro atoms. The zero-order valence-electron chi connectivity index (χ0n) is 35.8. The Bertz CT molecular complexity index is 3440. The van der Waals surface area contributed by atoms with Crippen LogP contribution in [0.25, 0.3) is 91.6 Å². The number of fused-ring (bicyclic) bond motifs is 6. The van der Waals surface area contributed by atoms with Crippen molar-refractivity contribution in [2.75, 3.05) is 13.1 Å². The van der Waals surface area contributed by atoms with Gasteiger partial charge >= 0.3 is 0 Å². The normalized spacial score (nSPS) is 16.4. The van der Waals surface area contributed by atoms with Crippen molar-refractivity contribution >= 4 is 171 Å². The summed E-state index contributed by atoms with van der Waals surface area (Å²) in [5, 5.41) is 0. The Labute approximate surface area is 444 Å². The molecular formula is C52H32N2O2S12. The van der Waals surface area contributed by atoms with Gasteiger partial charge in [0.05, 0.1) is 9.81 Å². The SMILES string of the molecule is CCN1C(=O)/C(=C/c2ccc(-c3ccc(-c4ccc(-c5cc6c(s5)-c5cc7c(cc5C6)-c5sc(-c6ccc(-c8ccc(-c9ccc(/C=C%10\SC(=S)N(CC)C%10=O)s9)s8)s6)cc5C7)s4)s3)s2)SC1=S. The van der Waals surface area contributed by atoms with Gasteiger partial charge in [0.1, 0.15) is 8.64 Å². The average molecular weight is 1100 g/mol. The van der Waals surface area contributed by atoms with E-state index in [0.717, 1.165) is 22.6 Å². The van der Waals surface area contributed by atoms with Crippen molar-refractivity contribution in [2.45, 2.75) is 26.7 Å². The molecule has 1 aromatic carbocycles. The fraction of sp³-hybridized carbons (Fsp3) is 0.115. The Kier molecular flexibility index (Phi) is 11.3. The maximum atomic E-state index is 12.8. The molecule has 0 N–H and O–H groups in total. The van der Waals surface area contributed by atoms with Crippen molar-refractivity contribution < 1.29 is 9.59 Å². The first-order chi connectivity index (χ1) is 33.1. The highest BCUT2D eigenvalue weighted by Crippen LogP contribution is 2.54. The Morgan fingerprint density at radius 2 is 0.750 bits per heavy atom. The van der Waals surface area contributed by atoms with E-state index in [9.17, 15) is 9.59 Å². The van der Waals surface area contributed by atoms with E-state index < -0.39 is 0 Å². The fourth-order valence-corrected chi connectivity index (χ4v) is 20.8. The highest BCUT2D eigenvalue weighted by molar-refractivity contribution is 8.27. The number of amides is 2. The molecule has 4 nitrogen and oxygen atoms in total. The molecule has 8 aromatic heterocycles. The van der Waals surface area contributed by atoms with Crippen molar-refractivity contribution in [2.24, 2.45) is 0 Å². The van der Waals surface area contributed by atoms with Crippen molar-refractivity contribution in [3.05, 3.63) is 139 Å². The van der Waals surface area contributed by atoms with Gasteiger partial charge in [0.2, 0.25) is 0 Å². The molecule has 334 valence electrons. The first-order valence-corrected chi connectivity index (χ1v) is 30.7. The molecule has 2 fully saturated rings. The maximum Gasteiger partial charge on any atom is 0.266 e. The summed E-state index contributed by atoms with van der Waals surface area (Å²) in [7, 11) is 0. The summed E-state index contributed by atoms with van der Waals surface area (Å²) >= 11 is 28.3. The van der Waals surface area contributed by atoms with Crippen molar-refractivity contribution in [1.29, 1.82) is 0 Å². The van der Waals surface area contributed by atoms with E-state index in [2.05, 4.69) is 97.1 Å². The zero-order valence-corrected chi connectivity index (χ0v) is 45.6. The van der Waals surface area contributed by atoms with Gasteiger partial charge in [0.15, 0.2) is 0 Å². The molecule has 0 saturated carbocycles. The predicted octanol–water partition coefficient (Wildman–Crippen LogP) is 17.8.